The molecule has 2 aromatic carbocycles. The molecule has 2 aromatic rings. The van der Waals surface area contributed by atoms with Gasteiger partial charge in [0.05, 0.1) is 14.7 Å². The summed E-state index contributed by atoms with van der Waals surface area (Å²) in [6.07, 6.45) is 0. The molecule has 0 aromatic heterocycles. The van der Waals surface area contributed by atoms with Crippen LogP contribution in [0.5, 0.6) is 11.5 Å². The molecule has 0 aliphatic carbocycles. The first-order chi connectivity index (χ1) is 11.0. The van der Waals surface area contributed by atoms with Crippen molar-refractivity contribution in [3.8, 4) is 11.5 Å². The standard InChI is InChI=1S/C14H10ClNO7S/c1-7(17)8-2-9(15)4-10(3-8)24(22,23)11-5-12(16(20)21)14(19)13(18)6-11/h2-6,18-19H,1H3. The quantitative estimate of drug-likeness (QED) is 0.365. The number of benzene rings is 2. The van der Waals surface area contributed by atoms with Crippen molar-refractivity contribution < 1.29 is 28.3 Å². The largest absolute Gasteiger partial charge is 0.504 e. The Labute approximate surface area is 141 Å². The Bertz CT molecular complexity index is 969. The molecule has 10 heteroatoms. The SMILES string of the molecule is CC(=O)c1cc(Cl)cc(S(=O)(=O)c2cc(O)c(O)c([N+](=O)[O-])c2)c1. The number of carbonyl (C=O) groups excluding carboxylic acids is 1. The number of rotatable bonds is 4. The number of ketones is 1. The number of phenolic OH excluding ortho intramolecular Hbond substituents is 2. The monoisotopic (exact) mass is 371 g/mol. The number of phenols is 2. The van der Waals surface area contributed by atoms with Crippen LogP contribution >= 0.6 is 11.6 Å². The molecule has 126 valence electrons. The van der Waals surface area contributed by atoms with Gasteiger partial charge in [-0.3, -0.25) is 14.9 Å². The Hall–Kier alpha value is -2.65. The fourth-order valence-electron chi connectivity index (χ4n) is 1.93. The van der Waals surface area contributed by atoms with E-state index in [-0.39, 0.29) is 15.5 Å². The molecule has 0 fully saturated rings. The van der Waals surface area contributed by atoms with Gasteiger partial charge in [-0.15, -0.1) is 0 Å². The van der Waals surface area contributed by atoms with Crippen LogP contribution in [0.1, 0.15) is 17.3 Å². The Morgan fingerprint density at radius 2 is 1.71 bits per heavy atom. The van der Waals surface area contributed by atoms with E-state index in [0.717, 1.165) is 12.1 Å². The third-order valence-corrected chi connectivity index (χ3v) is 5.07. The number of hydrogen-bond donors (Lipinski definition) is 2. The molecule has 2 N–H and O–H groups in total. The van der Waals surface area contributed by atoms with Crippen LogP contribution in [0, 0.1) is 10.1 Å². The maximum Gasteiger partial charge on any atom is 0.315 e. The maximum atomic E-state index is 12.6. The van der Waals surface area contributed by atoms with Gasteiger partial charge >= 0.3 is 5.69 Å². The Kier molecular flexibility index (Phi) is 4.50. The van der Waals surface area contributed by atoms with Crippen LogP contribution in [-0.4, -0.2) is 29.3 Å². The highest BCUT2D eigenvalue weighted by atomic mass is 35.5. The summed E-state index contributed by atoms with van der Waals surface area (Å²) in [5.41, 5.74) is -0.930. The number of Topliss-reactive ketones (excluding diaryl/α,β-unsaturated/α-hetero) is 1. The summed E-state index contributed by atoms with van der Waals surface area (Å²) in [6.45, 7) is 1.22. The lowest BCUT2D eigenvalue weighted by atomic mass is 10.1. The Morgan fingerprint density at radius 3 is 2.25 bits per heavy atom. The summed E-state index contributed by atoms with van der Waals surface area (Å²) >= 11 is 5.81. The Balaban J connectivity index is 2.72. The van der Waals surface area contributed by atoms with Crippen LogP contribution in [0.15, 0.2) is 40.1 Å². The molecule has 8 nitrogen and oxygen atoms in total. The minimum Gasteiger partial charge on any atom is -0.504 e. The zero-order valence-electron chi connectivity index (χ0n) is 12.1. The number of sulfone groups is 1. The van der Waals surface area contributed by atoms with E-state index in [1.807, 2.05) is 0 Å². The van der Waals surface area contributed by atoms with Gasteiger partial charge in [0.25, 0.3) is 0 Å². The molecule has 0 spiro atoms. The molecular formula is C14H10ClNO7S. The molecule has 0 aliphatic heterocycles. The first-order valence-electron chi connectivity index (χ1n) is 6.31. The molecule has 24 heavy (non-hydrogen) atoms. The fraction of sp³-hybridized carbons (Fsp3) is 0.0714. The average molecular weight is 372 g/mol. The average Bonchev–Trinajstić information content (AvgIpc) is 2.48. The van der Waals surface area contributed by atoms with E-state index in [0.29, 0.717) is 12.1 Å². The summed E-state index contributed by atoms with van der Waals surface area (Å²) in [7, 11) is -4.32. The topological polar surface area (TPSA) is 135 Å². The number of nitro groups is 1. The van der Waals surface area contributed by atoms with Crippen LogP contribution in [0.3, 0.4) is 0 Å². The predicted molar refractivity (Wildman–Crippen MR) is 83.3 cm³/mol. The van der Waals surface area contributed by atoms with Crippen LogP contribution < -0.4 is 0 Å². The number of halogens is 1. The highest BCUT2D eigenvalue weighted by Gasteiger charge is 2.27. The second-order valence-electron chi connectivity index (χ2n) is 4.80. The predicted octanol–water partition coefficient (Wildman–Crippen LogP) is 2.69. The van der Waals surface area contributed by atoms with Crippen molar-refractivity contribution in [3.05, 3.63) is 51.0 Å². The minimum atomic E-state index is -4.32. The molecule has 0 heterocycles. The molecule has 0 atom stereocenters. The van der Waals surface area contributed by atoms with E-state index >= 15 is 0 Å². The van der Waals surface area contributed by atoms with Crippen molar-refractivity contribution >= 4 is 32.9 Å². The molecule has 0 bridgehead atoms. The zero-order chi connectivity index (χ0) is 18.2. The van der Waals surface area contributed by atoms with E-state index in [4.69, 9.17) is 11.6 Å². The van der Waals surface area contributed by atoms with E-state index < -0.39 is 42.6 Å². The van der Waals surface area contributed by atoms with Gasteiger partial charge in [0.2, 0.25) is 15.6 Å². The second-order valence-corrected chi connectivity index (χ2v) is 7.19. The van der Waals surface area contributed by atoms with Crippen LogP contribution in [0.2, 0.25) is 5.02 Å². The van der Waals surface area contributed by atoms with Crippen LogP contribution in [-0.2, 0) is 9.84 Å². The molecule has 0 aliphatic rings. The van der Waals surface area contributed by atoms with Crippen LogP contribution in [0.4, 0.5) is 5.69 Å². The lowest BCUT2D eigenvalue weighted by molar-refractivity contribution is -0.386. The van der Waals surface area contributed by atoms with Crippen molar-refractivity contribution in [2.24, 2.45) is 0 Å². The van der Waals surface area contributed by atoms with Gasteiger partial charge in [0.1, 0.15) is 0 Å². The van der Waals surface area contributed by atoms with Gasteiger partial charge in [-0.2, -0.15) is 0 Å². The lowest BCUT2D eigenvalue weighted by Gasteiger charge is -2.08. The first kappa shape index (κ1) is 17.7. The smallest absolute Gasteiger partial charge is 0.315 e. The van der Waals surface area contributed by atoms with E-state index in [1.165, 1.54) is 13.0 Å². The summed E-state index contributed by atoms with van der Waals surface area (Å²) in [5, 5.41) is 29.8. The van der Waals surface area contributed by atoms with E-state index in [2.05, 4.69) is 0 Å². The number of nitro benzene ring substituents is 1. The van der Waals surface area contributed by atoms with Gasteiger partial charge < -0.3 is 10.2 Å². The first-order valence-corrected chi connectivity index (χ1v) is 8.17. The second kappa shape index (κ2) is 6.10. The lowest BCUT2D eigenvalue weighted by Crippen LogP contribution is -2.05. The van der Waals surface area contributed by atoms with Gasteiger partial charge in [-0.05, 0) is 25.1 Å². The van der Waals surface area contributed by atoms with E-state index in [9.17, 15) is 33.5 Å². The Morgan fingerprint density at radius 1 is 1.12 bits per heavy atom. The molecule has 0 amide bonds. The highest BCUT2D eigenvalue weighted by Crippen LogP contribution is 2.39. The highest BCUT2D eigenvalue weighted by molar-refractivity contribution is 7.91. The molecule has 0 saturated carbocycles. The summed E-state index contributed by atoms with van der Waals surface area (Å²) in [6, 6.07) is 4.70. The zero-order valence-corrected chi connectivity index (χ0v) is 13.6. The van der Waals surface area contributed by atoms with Crippen molar-refractivity contribution in [2.75, 3.05) is 0 Å². The third-order valence-electron chi connectivity index (χ3n) is 3.14. The summed E-state index contributed by atoms with van der Waals surface area (Å²) in [5.74, 6) is -2.43. The molecule has 0 unspecified atom stereocenters. The van der Waals surface area contributed by atoms with Crippen molar-refractivity contribution in [1.82, 2.24) is 0 Å². The number of nitrogens with zero attached hydrogens (tertiary/aromatic N) is 1. The molecule has 2 rings (SSSR count). The van der Waals surface area contributed by atoms with Gasteiger partial charge in [-0.1, -0.05) is 11.6 Å². The fourth-order valence-corrected chi connectivity index (χ4v) is 3.60. The maximum absolute atomic E-state index is 12.6. The summed E-state index contributed by atoms with van der Waals surface area (Å²) < 4.78 is 25.2. The number of carbonyl (C=O) groups is 1. The van der Waals surface area contributed by atoms with Gasteiger partial charge in [-0.25, -0.2) is 8.42 Å². The molecule has 0 radical (unpaired) electrons. The van der Waals surface area contributed by atoms with Crippen LogP contribution in [0.25, 0.3) is 0 Å². The summed E-state index contributed by atoms with van der Waals surface area (Å²) in [4.78, 5) is 20.3. The molecular weight excluding hydrogens is 362 g/mol. The minimum absolute atomic E-state index is 0.0150. The third kappa shape index (κ3) is 3.17. The number of aromatic hydroxyl groups is 2. The molecule has 0 saturated heterocycles. The number of hydrogen-bond acceptors (Lipinski definition) is 7. The van der Waals surface area contributed by atoms with Crippen molar-refractivity contribution in [3.63, 3.8) is 0 Å². The van der Waals surface area contributed by atoms with Gasteiger partial charge in [0, 0.05) is 22.7 Å². The van der Waals surface area contributed by atoms with Crippen molar-refractivity contribution in [1.29, 1.82) is 0 Å². The van der Waals surface area contributed by atoms with E-state index in [1.54, 1.807) is 0 Å². The van der Waals surface area contributed by atoms with Crippen molar-refractivity contribution in [2.45, 2.75) is 16.7 Å². The normalized spacial score (nSPS) is 11.2. The van der Waals surface area contributed by atoms with Gasteiger partial charge in [0.15, 0.2) is 11.5 Å².